The molecule has 44 heavy (non-hydrogen) atoms. The molecule has 1 aliphatic carbocycles. The summed E-state index contributed by atoms with van der Waals surface area (Å²) in [7, 11) is 0.709. The molecule has 6 nitrogen and oxygen atoms in total. The fraction of sp³-hybridized carbons (Fsp3) is 0.432. The molecule has 7 heteroatoms. The smallest absolute Gasteiger partial charge is 0.261 e. The van der Waals surface area contributed by atoms with Crippen molar-refractivity contribution in [3.8, 4) is 11.5 Å². The first-order valence-corrected chi connectivity index (χ1v) is 17.8. The van der Waals surface area contributed by atoms with E-state index in [0.717, 1.165) is 30.7 Å². The van der Waals surface area contributed by atoms with E-state index in [4.69, 9.17) is 13.9 Å². The Hall–Kier alpha value is -3.55. The summed E-state index contributed by atoms with van der Waals surface area (Å²) in [5.41, 5.74) is 2.10. The minimum Gasteiger partial charge on any atom is -0.493 e. The Kier molecular flexibility index (Phi) is 8.37. The quantitative estimate of drug-likeness (QED) is 0.241. The second kappa shape index (κ2) is 12.1. The van der Waals surface area contributed by atoms with Crippen LogP contribution in [0.15, 0.2) is 84.9 Å². The minimum absolute atomic E-state index is 0.0865. The minimum atomic E-state index is -2.67. The molecule has 2 N–H and O–H groups in total. The van der Waals surface area contributed by atoms with Gasteiger partial charge in [0.15, 0.2) is 11.5 Å². The van der Waals surface area contributed by atoms with E-state index in [0.29, 0.717) is 31.2 Å². The summed E-state index contributed by atoms with van der Waals surface area (Å²) in [6.07, 6.45) is 7.86. The van der Waals surface area contributed by atoms with E-state index in [-0.39, 0.29) is 28.3 Å². The molecule has 0 saturated heterocycles. The molecular weight excluding hydrogens is 565 g/mol. The molecule has 3 aromatic carbocycles. The molecule has 0 unspecified atom stereocenters. The largest absolute Gasteiger partial charge is 0.493 e. The van der Waals surface area contributed by atoms with Gasteiger partial charge in [-0.15, -0.1) is 0 Å². The van der Waals surface area contributed by atoms with Crippen LogP contribution in [0.4, 0.5) is 5.69 Å². The Morgan fingerprint density at radius 2 is 1.57 bits per heavy atom. The SMILES string of the molecule is COc1cc2c(cc1OC)[C@@H](CCO[Si](c1ccccc1)(c1ccccc1)C(C)(C)C)[C@@H]1CC[C@@]3(C=CCNC(=O)C3)[C@H]1N2. The van der Waals surface area contributed by atoms with Gasteiger partial charge in [-0.2, -0.15) is 0 Å². The number of carbonyl (C=O) groups excluding carboxylic acids is 1. The van der Waals surface area contributed by atoms with Crippen molar-refractivity contribution >= 4 is 30.3 Å². The number of fused-ring (bicyclic) bond motifs is 3. The van der Waals surface area contributed by atoms with Gasteiger partial charge in [0.25, 0.3) is 8.32 Å². The van der Waals surface area contributed by atoms with Gasteiger partial charge in [0.2, 0.25) is 5.91 Å². The Labute approximate surface area is 263 Å². The molecule has 232 valence electrons. The molecular formula is C37H46N2O4Si. The summed E-state index contributed by atoms with van der Waals surface area (Å²) >= 11 is 0. The first kappa shape index (κ1) is 30.5. The highest BCUT2D eigenvalue weighted by molar-refractivity contribution is 6.99. The van der Waals surface area contributed by atoms with E-state index in [1.54, 1.807) is 14.2 Å². The zero-order valence-electron chi connectivity index (χ0n) is 26.7. The zero-order chi connectivity index (χ0) is 31.0. The Morgan fingerprint density at radius 1 is 0.932 bits per heavy atom. The maximum Gasteiger partial charge on any atom is 0.261 e. The van der Waals surface area contributed by atoms with Gasteiger partial charge in [-0.05, 0) is 58.1 Å². The van der Waals surface area contributed by atoms with Crippen molar-refractivity contribution in [3.63, 3.8) is 0 Å². The molecule has 2 heterocycles. The van der Waals surface area contributed by atoms with Crippen LogP contribution in [-0.2, 0) is 9.22 Å². The Bertz CT molecular complexity index is 1460. The molecule has 2 aliphatic heterocycles. The Balaban J connectivity index is 1.39. The summed E-state index contributed by atoms with van der Waals surface area (Å²) in [5, 5.41) is 9.46. The number of methoxy groups -OCH3 is 2. The number of nitrogens with one attached hydrogen (secondary N) is 2. The summed E-state index contributed by atoms with van der Waals surface area (Å²) < 4.78 is 18.9. The lowest BCUT2D eigenvalue weighted by molar-refractivity contribution is -0.122. The van der Waals surface area contributed by atoms with E-state index in [1.165, 1.54) is 15.9 Å². The van der Waals surface area contributed by atoms with Crippen molar-refractivity contribution in [1.82, 2.24) is 5.32 Å². The van der Waals surface area contributed by atoms with E-state index in [9.17, 15) is 4.79 Å². The molecule has 1 fully saturated rings. The van der Waals surface area contributed by atoms with Crippen LogP contribution in [0.3, 0.4) is 0 Å². The molecule has 0 radical (unpaired) electrons. The van der Waals surface area contributed by atoms with Crippen LogP contribution < -0.4 is 30.5 Å². The summed E-state index contributed by atoms with van der Waals surface area (Å²) in [5.74, 6) is 2.18. The van der Waals surface area contributed by atoms with Crippen molar-refractivity contribution in [2.24, 2.45) is 11.3 Å². The summed E-state index contributed by atoms with van der Waals surface area (Å²) in [4.78, 5) is 12.8. The second-order valence-electron chi connectivity index (χ2n) is 13.6. The van der Waals surface area contributed by atoms with Gasteiger partial charge in [0, 0.05) is 42.8 Å². The van der Waals surface area contributed by atoms with Crippen molar-refractivity contribution in [2.75, 3.05) is 32.7 Å². The van der Waals surface area contributed by atoms with Gasteiger partial charge in [-0.1, -0.05) is 93.6 Å². The first-order valence-electron chi connectivity index (χ1n) is 15.9. The molecule has 6 rings (SSSR count). The number of benzene rings is 3. The van der Waals surface area contributed by atoms with E-state index < -0.39 is 8.32 Å². The van der Waals surface area contributed by atoms with Gasteiger partial charge < -0.3 is 24.5 Å². The number of ether oxygens (including phenoxy) is 2. The van der Waals surface area contributed by atoms with Gasteiger partial charge in [-0.25, -0.2) is 0 Å². The number of hydrogen-bond donors (Lipinski definition) is 2. The second-order valence-corrected chi connectivity index (χ2v) is 17.9. The van der Waals surface area contributed by atoms with Crippen LogP contribution in [0.25, 0.3) is 0 Å². The number of rotatable bonds is 8. The average molecular weight is 611 g/mol. The van der Waals surface area contributed by atoms with Crippen LogP contribution in [0.5, 0.6) is 11.5 Å². The average Bonchev–Trinajstić information content (AvgIpc) is 3.25. The third-order valence-corrected chi connectivity index (χ3v) is 15.3. The normalized spacial score (nSPS) is 24.6. The summed E-state index contributed by atoms with van der Waals surface area (Å²) in [6, 6.07) is 26.1. The van der Waals surface area contributed by atoms with Gasteiger partial charge in [0.05, 0.1) is 14.2 Å². The van der Waals surface area contributed by atoms with E-state index in [2.05, 4.69) is 116 Å². The third kappa shape index (κ3) is 5.24. The topological polar surface area (TPSA) is 68.8 Å². The predicted octanol–water partition coefficient (Wildman–Crippen LogP) is 6.02. The summed E-state index contributed by atoms with van der Waals surface area (Å²) in [6.45, 7) is 8.22. The molecule has 1 spiro atoms. The molecule has 1 saturated carbocycles. The zero-order valence-corrected chi connectivity index (χ0v) is 27.7. The number of hydrogen-bond acceptors (Lipinski definition) is 5. The molecule has 4 atom stereocenters. The van der Waals surface area contributed by atoms with E-state index >= 15 is 0 Å². The molecule has 0 bridgehead atoms. The van der Waals surface area contributed by atoms with Gasteiger partial charge in [-0.3, -0.25) is 4.79 Å². The first-order chi connectivity index (χ1) is 21.2. The molecule has 0 aromatic heterocycles. The lowest BCUT2D eigenvalue weighted by atomic mass is 9.70. The lowest BCUT2D eigenvalue weighted by Crippen LogP contribution is -2.66. The van der Waals surface area contributed by atoms with Crippen molar-refractivity contribution in [1.29, 1.82) is 0 Å². The maximum absolute atomic E-state index is 12.8. The maximum atomic E-state index is 12.8. The highest BCUT2D eigenvalue weighted by Crippen LogP contribution is 2.57. The highest BCUT2D eigenvalue weighted by Gasteiger charge is 2.54. The third-order valence-electron chi connectivity index (χ3n) is 10.3. The number of carbonyl (C=O) groups is 1. The van der Waals surface area contributed by atoms with Crippen LogP contribution >= 0.6 is 0 Å². The Morgan fingerprint density at radius 3 is 2.18 bits per heavy atom. The lowest BCUT2D eigenvalue weighted by Gasteiger charge is -2.45. The van der Waals surface area contributed by atoms with Gasteiger partial charge in [0.1, 0.15) is 0 Å². The van der Waals surface area contributed by atoms with Crippen molar-refractivity contribution in [3.05, 3.63) is 90.5 Å². The monoisotopic (exact) mass is 610 g/mol. The fourth-order valence-corrected chi connectivity index (χ4v) is 12.9. The standard InChI is InChI=1S/C37H46N2O4Si/c1-36(2,3)44(26-13-8-6-9-14-26,27-15-10-7-11-16-27)43-22-18-28-29-17-20-37(19-12-21-38-34(40)25-37)35(29)39-31-24-33(42-5)32(41-4)23-30(28)31/h6-16,19,23-24,28-29,35,39H,17-18,20-22,25H2,1-5H3,(H,38,40)/t28-,29-,35-,37+/m0/s1. The number of amides is 1. The predicted molar refractivity (Wildman–Crippen MR) is 180 cm³/mol. The molecule has 3 aliphatic rings. The van der Waals surface area contributed by atoms with Crippen molar-refractivity contribution < 1.29 is 18.7 Å². The number of anilines is 1. The van der Waals surface area contributed by atoms with E-state index in [1.807, 2.05) is 0 Å². The highest BCUT2D eigenvalue weighted by atomic mass is 28.4. The van der Waals surface area contributed by atoms with Crippen LogP contribution in [-0.4, -0.2) is 47.6 Å². The van der Waals surface area contributed by atoms with Gasteiger partial charge >= 0.3 is 0 Å². The fourth-order valence-electron chi connectivity index (χ4n) is 8.34. The molecule has 1 amide bonds. The van der Waals surface area contributed by atoms with Crippen LogP contribution in [0, 0.1) is 11.3 Å². The molecule has 3 aromatic rings. The van der Waals surface area contributed by atoms with Crippen LogP contribution in [0.2, 0.25) is 5.04 Å². The van der Waals surface area contributed by atoms with Crippen molar-refractivity contribution in [2.45, 2.75) is 63.5 Å². The van der Waals surface area contributed by atoms with Crippen LogP contribution in [0.1, 0.15) is 57.9 Å².